The van der Waals surface area contributed by atoms with Crippen molar-refractivity contribution in [2.45, 2.75) is 33.6 Å². The first-order valence-electron chi connectivity index (χ1n) is 9.93. The van der Waals surface area contributed by atoms with Gasteiger partial charge in [0.1, 0.15) is 0 Å². The lowest BCUT2D eigenvalue weighted by Gasteiger charge is -2.30. The third-order valence-corrected chi connectivity index (χ3v) is 5.51. The van der Waals surface area contributed by atoms with Crippen molar-refractivity contribution in [1.82, 2.24) is 4.90 Å². The molecule has 2 aromatic rings. The van der Waals surface area contributed by atoms with Crippen molar-refractivity contribution in [3.8, 4) is 0 Å². The van der Waals surface area contributed by atoms with Crippen LogP contribution >= 0.6 is 0 Å². The number of rotatable bonds is 5. The number of nitrogens with one attached hydrogen (secondary N) is 2. The molecule has 2 N–H and O–H groups in total. The highest BCUT2D eigenvalue weighted by atomic mass is 16.2. The van der Waals surface area contributed by atoms with Crippen molar-refractivity contribution >= 4 is 23.2 Å². The number of benzene rings is 2. The van der Waals surface area contributed by atoms with Gasteiger partial charge in [-0.05, 0) is 68.0 Å². The number of hydrogen-bond donors (Lipinski definition) is 2. The molecule has 2 aromatic carbocycles. The Morgan fingerprint density at radius 3 is 2.54 bits per heavy atom. The second-order valence-electron chi connectivity index (χ2n) is 7.70. The fourth-order valence-corrected chi connectivity index (χ4v) is 3.42. The summed E-state index contributed by atoms with van der Waals surface area (Å²) in [7, 11) is 0. The van der Waals surface area contributed by atoms with E-state index in [2.05, 4.69) is 17.6 Å². The van der Waals surface area contributed by atoms with Crippen LogP contribution in [0.15, 0.2) is 42.5 Å². The summed E-state index contributed by atoms with van der Waals surface area (Å²) in [5.74, 6) is 0.637. The van der Waals surface area contributed by atoms with Crippen LogP contribution in [0, 0.1) is 19.8 Å². The van der Waals surface area contributed by atoms with Gasteiger partial charge in [0.05, 0.1) is 6.54 Å². The van der Waals surface area contributed by atoms with Crippen LogP contribution in [0.3, 0.4) is 0 Å². The average molecular weight is 380 g/mol. The molecule has 0 bridgehead atoms. The van der Waals surface area contributed by atoms with E-state index in [1.165, 1.54) is 0 Å². The molecule has 0 radical (unpaired) electrons. The zero-order valence-electron chi connectivity index (χ0n) is 16.9. The minimum atomic E-state index is -0.115. The summed E-state index contributed by atoms with van der Waals surface area (Å²) in [4.78, 5) is 26.9. The minimum Gasteiger partial charge on any atom is -0.376 e. The lowest BCUT2D eigenvalue weighted by atomic mass is 9.98. The molecular weight excluding hydrogens is 350 g/mol. The van der Waals surface area contributed by atoms with Gasteiger partial charge in [-0.15, -0.1) is 0 Å². The molecule has 148 valence electrons. The Bertz CT molecular complexity index is 855. The minimum absolute atomic E-state index is 0.0652. The summed E-state index contributed by atoms with van der Waals surface area (Å²) in [5.41, 5.74) is 4.47. The Kier molecular flexibility index (Phi) is 6.34. The van der Waals surface area contributed by atoms with Crippen molar-refractivity contribution in [3.05, 3.63) is 59.2 Å². The van der Waals surface area contributed by atoms with Crippen molar-refractivity contribution in [2.24, 2.45) is 5.92 Å². The van der Waals surface area contributed by atoms with Crippen LogP contribution in [0.2, 0.25) is 0 Å². The fraction of sp³-hybridized carbons (Fsp3) is 0.391. The van der Waals surface area contributed by atoms with E-state index in [1.807, 2.05) is 61.2 Å². The van der Waals surface area contributed by atoms with E-state index in [9.17, 15) is 9.59 Å². The number of anilines is 2. The highest BCUT2D eigenvalue weighted by Crippen LogP contribution is 2.20. The lowest BCUT2D eigenvalue weighted by molar-refractivity contribution is -0.114. The van der Waals surface area contributed by atoms with Crippen LogP contribution in [0.5, 0.6) is 0 Å². The van der Waals surface area contributed by atoms with Crippen LogP contribution in [0.4, 0.5) is 11.4 Å². The Hall–Kier alpha value is -2.82. The van der Waals surface area contributed by atoms with Gasteiger partial charge in [0, 0.05) is 30.0 Å². The molecule has 2 amide bonds. The first-order valence-corrected chi connectivity index (χ1v) is 9.93. The Morgan fingerprint density at radius 1 is 1.07 bits per heavy atom. The normalized spacial score (nSPS) is 14.6. The van der Waals surface area contributed by atoms with E-state index in [0.29, 0.717) is 11.5 Å². The Labute approximate surface area is 167 Å². The van der Waals surface area contributed by atoms with E-state index in [-0.39, 0.29) is 18.4 Å². The van der Waals surface area contributed by atoms with E-state index in [1.54, 1.807) is 0 Å². The molecule has 0 aromatic heterocycles. The molecule has 28 heavy (non-hydrogen) atoms. The van der Waals surface area contributed by atoms with E-state index in [4.69, 9.17) is 0 Å². The maximum Gasteiger partial charge on any atom is 0.253 e. The van der Waals surface area contributed by atoms with Gasteiger partial charge in [0.25, 0.3) is 5.91 Å². The molecular formula is C23H29N3O2. The molecule has 0 saturated carbocycles. The largest absolute Gasteiger partial charge is 0.376 e. The molecule has 0 spiro atoms. The smallest absolute Gasteiger partial charge is 0.253 e. The van der Waals surface area contributed by atoms with Gasteiger partial charge in [0.15, 0.2) is 0 Å². The summed E-state index contributed by atoms with van der Waals surface area (Å²) in [6.45, 7) is 8.03. The topological polar surface area (TPSA) is 61.4 Å². The number of nitrogens with zero attached hydrogens (tertiary/aromatic N) is 1. The third kappa shape index (κ3) is 4.91. The van der Waals surface area contributed by atoms with Crippen LogP contribution in [-0.4, -0.2) is 36.3 Å². The van der Waals surface area contributed by atoms with Crippen molar-refractivity contribution in [2.75, 3.05) is 30.3 Å². The van der Waals surface area contributed by atoms with Gasteiger partial charge in [-0.25, -0.2) is 0 Å². The highest BCUT2D eigenvalue weighted by Gasteiger charge is 2.21. The first kappa shape index (κ1) is 19.9. The van der Waals surface area contributed by atoms with Gasteiger partial charge in [0.2, 0.25) is 5.91 Å². The van der Waals surface area contributed by atoms with Crippen LogP contribution in [0.25, 0.3) is 0 Å². The molecule has 1 fully saturated rings. The maximum absolute atomic E-state index is 12.7. The van der Waals surface area contributed by atoms with Gasteiger partial charge in [-0.3, -0.25) is 9.59 Å². The van der Waals surface area contributed by atoms with Crippen molar-refractivity contribution < 1.29 is 9.59 Å². The highest BCUT2D eigenvalue weighted by molar-refractivity contribution is 5.96. The summed E-state index contributed by atoms with van der Waals surface area (Å²) in [6, 6.07) is 13.2. The SMILES string of the molecule is Cc1cccc(NC(=O)CNc2cccc(C(=O)N3CCC(C)CC3)c2)c1C. The molecule has 5 nitrogen and oxygen atoms in total. The summed E-state index contributed by atoms with van der Waals surface area (Å²) in [5, 5.41) is 6.06. The van der Waals surface area contributed by atoms with E-state index < -0.39 is 0 Å². The van der Waals surface area contributed by atoms with E-state index in [0.717, 1.165) is 48.4 Å². The average Bonchev–Trinajstić information content (AvgIpc) is 2.70. The zero-order valence-corrected chi connectivity index (χ0v) is 16.9. The predicted molar refractivity (Wildman–Crippen MR) is 114 cm³/mol. The van der Waals surface area contributed by atoms with Gasteiger partial charge in [-0.1, -0.05) is 25.1 Å². The van der Waals surface area contributed by atoms with Gasteiger partial charge in [-0.2, -0.15) is 0 Å². The number of hydrogen-bond acceptors (Lipinski definition) is 3. The molecule has 0 unspecified atom stereocenters. The molecule has 1 heterocycles. The standard InChI is InChI=1S/C23H29N3O2/c1-16-10-12-26(13-11-16)23(28)19-7-5-8-20(14-19)24-15-22(27)25-21-9-4-6-17(2)18(21)3/h4-9,14,16,24H,10-13,15H2,1-3H3,(H,25,27). The number of aryl methyl sites for hydroxylation is 1. The number of likely N-dealkylation sites (tertiary alicyclic amines) is 1. The van der Waals surface area contributed by atoms with Crippen LogP contribution in [-0.2, 0) is 4.79 Å². The quantitative estimate of drug-likeness (QED) is 0.817. The number of amides is 2. The van der Waals surface area contributed by atoms with Crippen LogP contribution in [0.1, 0.15) is 41.3 Å². The zero-order chi connectivity index (χ0) is 20.1. The second kappa shape index (κ2) is 8.91. The lowest BCUT2D eigenvalue weighted by Crippen LogP contribution is -2.37. The molecule has 3 rings (SSSR count). The molecule has 1 aliphatic heterocycles. The molecule has 5 heteroatoms. The van der Waals surface area contributed by atoms with Crippen molar-refractivity contribution in [1.29, 1.82) is 0 Å². The maximum atomic E-state index is 12.7. The van der Waals surface area contributed by atoms with Crippen molar-refractivity contribution in [3.63, 3.8) is 0 Å². The van der Waals surface area contributed by atoms with E-state index >= 15 is 0 Å². The number of piperidine rings is 1. The summed E-state index contributed by atoms with van der Waals surface area (Å²) in [6.07, 6.45) is 2.12. The first-order chi connectivity index (χ1) is 13.4. The monoisotopic (exact) mass is 379 g/mol. The Balaban J connectivity index is 1.57. The summed E-state index contributed by atoms with van der Waals surface area (Å²) < 4.78 is 0. The van der Waals surface area contributed by atoms with Crippen LogP contribution < -0.4 is 10.6 Å². The third-order valence-electron chi connectivity index (χ3n) is 5.51. The number of carbonyl (C=O) groups is 2. The molecule has 0 aliphatic carbocycles. The molecule has 1 aliphatic rings. The number of carbonyl (C=O) groups excluding carboxylic acids is 2. The predicted octanol–water partition coefficient (Wildman–Crippen LogP) is 4.23. The second-order valence-corrected chi connectivity index (χ2v) is 7.70. The fourth-order valence-electron chi connectivity index (χ4n) is 3.42. The van der Waals surface area contributed by atoms with Gasteiger partial charge >= 0.3 is 0 Å². The van der Waals surface area contributed by atoms with Gasteiger partial charge < -0.3 is 15.5 Å². The summed E-state index contributed by atoms with van der Waals surface area (Å²) >= 11 is 0. The molecule has 0 atom stereocenters. The molecule has 1 saturated heterocycles. The Morgan fingerprint density at radius 2 is 1.79 bits per heavy atom.